The first kappa shape index (κ1) is 18.6. The van der Waals surface area contributed by atoms with Crippen LogP contribution in [-0.2, 0) is 0 Å². The van der Waals surface area contributed by atoms with Crippen molar-refractivity contribution in [1.29, 1.82) is 0 Å². The maximum absolute atomic E-state index is 5.43. The van der Waals surface area contributed by atoms with Gasteiger partial charge in [0.2, 0.25) is 0 Å². The Balaban J connectivity index is 1.57. The van der Waals surface area contributed by atoms with Crippen molar-refractivity contribution < 1.29 is 0 Å². The Kier molecular flexibility index (Phi) is 6.09. The normalized spacial score (nSPS) is 18.3. The molecule has 26 heavy (non-hydrogen) atoms. The van der Waals surface area contributed by atoms with E-state index in [1.807, 2.05) is 25.1 Å². The highest BCUT2D eigenvalue weighted by molar-refractivity contribution is 7.80. The van der Waals surface area contributed by atoms with Gasteiger partial charge in [-0.2, -0.15) is 0 Å². The summed E-state index contributed by atoms with van der Waals surface area (Å²) in [4.78, 5) is 6.91. The number of hydrogen-bond acceptors (Lipinski definition) is 3. The Hall–Kier alpha value is -2.14. The molecule has 0 amide bonds. The van der Waals surface area contributed by atoms with Gasteiger partial charge in [-0.3, -0.25) is 0 Å². The van der Waals surface area contributed by atoms with Gasteiger partial charge in [0.15, 0.2) is 5.11 Å². The standard InChI is InChI=1S/C21H28N4S/c1-15-6-5-13-25(14-15)19-11-9-18(10-12-19)17(3)23-21(26)24-20-8-4-7-16(2)22-20/h4,7-12,15,17H,5-6,13-14H2,1-3H3,(H2,22,23,24,26)/t15-,17-/m0/s1. The molecule has 1 fully saturated rings. The fraction of sp³-hybridized carbons (Fsp3) is 0.429. The SMILES string of the molecule is Cc1cccc(NC(=S)N[C@@H](C)c2ccc(N3CCC[C@H](C)C3)cc2)n1. The van der Waals surface area contributed by atoms with Crippen molar-refractivity contribution in [2.45, 2.75) is 39.7 Å². The van der Waals surface area contributed by atoms with Crippen molar-refractivity contribution in [3.63, 3.8) is 0 Å². The van der Waals surface area contributed by atoms with Crippen molar-refractivity contribution >= 4 is 28.8 Å². The molecule has 3 rings (SSSR count). The van der Waals surface area contributed by atoms with E-state index in [2.05, 4.69) is 58.6 Å². The van der Waals surface area contributed by atoms with Gasteiger partial charge in [0.1, 0.15) is 5.82 Å². The fourth-order valence-electron chi connectivity index (χ4n) is 3.44. The minimum Gasteiger partial charge on any atom is -0.371 e. The summed E-state index contributed by atoms with van der Waals surface area (Å²) in [6.45, 7) is 8.74. The lowest BCUT2D eigenvalue weighted by atomic mass is 9.99. The monoisotopic (exact) mass is 368 g/mol. The van der Waals surface area contributed by atoms with Crippen LogP contribution >= 0.6 is 12.2 Å². The average molecular weight is 369 g/mol. The molecule has 0 unspecified atom stereocenters. The van der Waals surface area contributed by atoms with Crippen LogP contribution in [0.1, 0.15) is 44.0 Å². The van der Waals surface area contributed by atoms with E-state index < -0.39 is 0 Å². The van der Waals surface area contributed by atoms with Crippen LogP contribution < -0.4 is 15.5 Å². The number of aryl methyl sites for hydroxylation is 1. The van der Waals surface area contributed by atoms with E-state index in [0.29, 0.717) is 5.11 Å². The highest BCUT2D eigenvalue weighted by atomic mass is 32.1. The van der Waals surface area contributed by atoms with Gasteiger partial charge >= 0.3 is 0 Å². The van der Waals surface area contributed by atoms with Crippen molar-refractivity contribution in [2.24, 2.45) is 5.92 Å². The molecular formula is C21H28N4S. The van der Waals surface area contributed by atoms with Crippen molar-refractivity contribution in [3.05, 3.63) is 53.7 Å². The Morgan fingerprint density at radius 1 is 1.23 bits per heavy atom. The summed E-state index contributed by atoms with van der Waals surface area (Å²) in [5, 5.41) is 7.08. The summed E-state index contributed by atoms with van der Waals surface area (Å²) in [6.07, 6.45) is 2.63. The van der Waals surface area contributed by atoms with Gasteiger partial charge in [-0.25, -0.2) is 4.98 Å². The van der Waals surface area contributed by atoms with E-state index >= 15 is 0 Å². The van der Waals surface area contributed by atoms with E-state index in [1.165, 1.54) is 24.1 Å². The molecule has 2 N–H and O–H groups in total. The molecule has 0 radical (unpaired) electrons. The van der Waals surface area contributed by atoms with E-state index in [-0.39, 0.29) is 6.04 Å². The molecule has 1 aromatic carbocycles. The minimum absolute atomic E-state index is 0.133. The zero-order valence-electron chi connectivity index (χ0n) is 15.8. The molecule has 1 saturated heterocycles. The minimum atomic E-state index is 0.133. The molecule has 4 nitrogen and oxygen atoms in total. The molecule has 0 saturated carbocycles. The van der Waals surface area contributed by atoms with E-state index in [9.17, 15) is 0 Å². The quantitative estimate of drug-likeness (QED) is 0.767. The van der Waals surface area contributed by atoms with Gasteiger partial charge in [-0.15, -0.1) is 0 Å². The number of thiocarbonyl (C=S) groups is 1. The Morgan fingerprint density at radius 3 is 2.69 bits per heavy atom. The summed E-state index contributed by atoms with van der Waals surface area (Å²) >= 11 is 5.43. The summed E-state index contributed by atoms with van der Waals surface area (Å²) in [5.41, 5.74) is 3.51. The third-order valence-corrected chi connectivity index (χ3v) is 5.11. The maximum Gasteiger partial charge on any atom is 0.172 e. The molecule has 1 aliphatic rings. The molecule has 0 spiro atoms. The molecule has 2 heterocycles. The van der Waals surface area contributed by atoms with Gasteiger partial charge in [-0.1, -0.05) is 25.1 Å². The molecule has 138 valence electrons. The van der Waals surface area contributed by atoms with Crippen LogP contribution in [0.15, 0.2) is 42.5 Å². The molecule has 2 aromatic rings. The van der Waals surface area contributed by atoms with Crippen LogP contribution in [0, 0.1) is 12.8 Å². The lowest BCUT2D eigenvalue weighted by molar-refractivity contribution is 0.447. The predicted octanol–water partition coefficient (Wildman–Crippen LogP) is 4.67. The number of aromatic nitrogens is 1. The fourth-order valence-corrected chi connectivity index (χ4v) is 3.72. The largest absolute Gasteiger partial charge is 0.371 e. The van der Waals surface area contributed by atoms with Gasteiger partial charge in [-0.05, 0) is 74.7 Å². The van der Waals surface area contributed by atoms with E-state index in [1.54, 1.807) is 0 Å². The van der Waals surface area contributed by atoms with Gasteiger partial charge < -0.3 is 15.5 Å². The molecule has 0 aliphatic carbocycles. The van der Waals surface area contributed by atoms with Crippen LogP contribution in [0.4, 0.5) is 11.5 Å². The second-order valence-corrected chi connectivity index (χ2v) is 7.68. The maximum atomic E-state index is 5.43. The van der Waals surface area contributed by atoms with Crippen LogP contribution in [0.25, 0.3) is 0 Å². The number of rotatable bonds is 4. The second-order valence-electron chi connectivity index (χ2n) is 7.27. The zero-order valence-corrected chi connectivity index (χ0v) is 16.6. The average Bonchev–Trinajstić information content (AvgIpc) is 2.61. The first-order chi connectivity index (χ1) is 12.5. The summed E-state index contributed by atoms with van der Waals surface area (Å²) < 4.78 is 0. The summed E-state index contributed by atoms with van der Waals surface area (Å²) in [7, 11) is 0. The number of pyridine rings is 1. The van der Waals surface area contributed by atoms with Gasteiger partial charge in [0.25, 0.3) is 0 Å². The number of hydrogen-bond donors (Lipinski definition) is 2. The van der Waals surface area contributed by atoms with Crippen LogP contribution in [0.5, 0.6) is 0 Å². The Morgan fingerprint density at radius 2 is 2.00 bits per heavy atom. The summed E-state index contributed by atoms with van der Waals surface area (Å²) in [6, 6.07) is 14.8. The van der Waals surface area contributed by atoms with Crippen molar-refractivity contribution in [1.82, 2.24) is 10.3 Å². The first-order valence-corrected chi connectivity index (χ1v) is 9.78. The van der Waals surface area contributed by atoms with Crippen molar-refractivity contribution in [2.75, 3.05) is 23.3 Å². The van der Waals surface area contributed by atoms with Gasteiger partial charge in [0.05, 0.1) is 6.04 Å². The Labute approximate surface area is 162 Å². The number of anilines is 2. The molecule has 2 atom stereocenters. The number of piperidine rings is 1. The number of nitrogens with one attached hydrogen (secondary N) is 2. The van der Waals surface area contributed by atoms with Crippen LogP contribution in [0.3, 0.4) is 0 Å². The number of nitrogens with zero attached hydrogens (tertiary/aromatic N) is 2. The summed E-state index contributed by atoms with van der Waals surface area (Å²) in [5.74, 6) is 1.55. The smallest absolute Gasteiger partial charge is 0.172 e. The van der Waals surface area contributed by atoms with Crippen molar-refractivity contribution in [3.8, 4) is 0 Å². The molecule has 1 aromatic heterocycles. The predicted molar refractivity (Wildman–Crippen MR) is 114 cm³/mol. The molecule has 1 aliphatic heterocycles. The van der Waals surface area contributed by atoms with Crippen LogP contribution in [-0.4, -0.2) is 23.2 Å². The topological polar surface area (TPSA) is 40.2 Å². The van der Waals surface area contributed by atoms with Gasteiger partial charge in [0, 0.05) is 24.5 Å². The Bertz CT molecular complexity index is 744. The molecular weight excluding hydrogens is 340 g/mol. The highest BCUT2D eigenvalue weighted by Crippen LogP contribution is 2.24. The molecule has 5 heteroatoms. The highest BCUT2D eigenvalue weighted by Gasteiger charge is 2.17. The lowest BCUT2D eigenvalue weighted by Crippen LogP contribution is -2.34. The van der Waals surface area contributed by atoms with Crippen LogP contribution in [0.2, 0.25) is 0 Å². The van der Waals surface area contributed by atoms with E-state index in [4.69, 9.17) is 12.2 Å². The third kappa shape index (κ3) is 4.94. The third-order valence-electron chi connectivity index (χ3n) is 4.89. The van der Waals surface area contributed by atoms with E-state index in [0.717, 1.165) is 30.5 Å². The zero-order chi connectivity index (χ0) is 18.5. The second kappa shape index (κ2) is 8.49. The molecule has 0 bridgehead atoms. The number of benzene rings is 1. The lowest BCUT2D eigenvalue weighted by Gasteiger charge is -2.33. The first-order valence-electron chi connectivity index (χ1n) is 9.37.